The zero-order valence-corrected chi connectivity index (χ0v) is 41.0. The fourth-order valence-electron chi connectivity index (χ4n) is 12.7. The van der Waals surface area contributed by atoms with Crippen molar-refractivity contribution in [1.82, 2.24) is 0 Å². The maximum Gasteiger partial charge on any atom is 0.0540 e. The van der Waals surface area contributed by atoms with Gasteiger partial charge in [0.05, 0.1) is 17.1 Å². The molecule has 0 saturated carbocycles. The monoisotopic (exact) mass is 920 g/mol. The molecular weight excluding hydrogens is 869 g/mol. The lowest BCUT2D eigenvalue weighted by molar-refractivity contribution is 0.660. The van der Waals surface area contributed by atoms with Crippen molar-refractivity contribution in [2.24, 2.45) is 0 Å². The Kier molecular flexibility index (Phi) is 9.32. The van der Waals surface area contributed by atoms with E-state index < -0.39 is 0 Å². The van der Waals surface area contributed by atoms with Crippen LogP contribution in [-0.4, -0.2) is 0 Å². The second-order valence-electron chi connectivity index (χ2n) is 20.9. The smallest absolute Gasteiger partial charge is 0.0540 e. The van der Waals surface area contributed by atoms with Gasteiger partial charge in [0.1, 0.15) is 0 Å². The third kappa shape index (κ3) is 6.28. The molecule has 1 aliphatic heterocycles. The van der Waals surface area contributed by atoms with Gasteiger partial charge < -0.3 is 9.80 Å². The van der Waals surface area contributed by atoms with Crippen molar-refractivity contribution in [2.45, 2.75) is 38.5 Å². The van der Waals surface area contributed by atoms with Crippen LogP contribution in [0.5, 0.6) is 0 Å². The topological polar surface area (TPSA) is 6.48 Å². The van der Waals surface area contributed by atoms with E-state index in [1.54, 1.807) is 0 Å². The van der Waals surface area contributed by atoms with Crippen molar-refractivity contribution < 1.29 is 0 Å². The highest BCUT2D eigenvalue weighted by Gasteiger charge is 2.38. The van der Waals surface area contributed by atoms with Crippen molar-refractivity contribution in [3.8, 4) is 66.8 Å². The van der Waals surface area contributed by atoms with Gasteiger partial charge in [-0.25, -0.2) is 0 Å². The second-order valence-corrected chi connectivity index (χ2v) is 20.9. The molecule has 2 heteroatoms. The Morgan fingerprint density at radius 1 is 0.306 bits per heavy atom. The van der Waals surface area contributed by atoms with Crippen molar-refractivity contribution in [2.75, 3.05) is 9.80 Å². The minimum atomic E-state index is -0.178. The second kappa shape index (κ2) is 15.9. The molecule has 0 amide bonds. The summed E-state index contributed by atoms with van der Waals surface area (Å²) in [6.45, 7) is 9.51. The maximum atomic E-state index is 2.54. The fourth-order valence-corrected chi connectivity index (χ4v) is 12.7. The molecule has 0 fully saturated rings. The largest absolute Gasteiger partial charge is 0.310 e. The zero-order valence-electron chi connectivity index (χ0n) is 41.0. The molecule has 0 aromatic heterocycles. The Hall–Kier alpha value is -8.72. The predicted molar refractivity (Wildman–Crippen MR) is 304 cm³/mol. The van der Waals surface area contributed by atoms with Crippen LogP contribution in [0.4, 0.5) is 34.1 Å². The summed E-state index contributed by atoms with van der Waals surface area (Å²) in [5.74, 6) is 0. The molecule has 11 aromatic carbocycles. The number of rotatable bonds is 6. The van der Waals surface area contributed by atoms with Gasteiger partial charge in [-0.2, -0.15) is 0 Å². The minimum absolute atomic E-state index is 0.134. The Labute approximate surface area is 422 Å². The number of benzene rings is 11. The Morgan fingerprint density at radius 2 is 0.764 bits per heavy atom. The van der Waals surface area contributed by atoms with E-state index in [1.807, 2.05) is 0 Å². The van der Waals surface area contributed by atoms with Crippen LogP contribution in [-0.2, 0) is 10.8 Å². The van der Waals surface area contributed by atoms with Crippen LogP contribution < -0.4 is 9.80 Å². The molecule has 1 heterocycles. The van der Waals surface area contributed by atoms with E-state index in [2.05, 4.69) is 280 Å². The number of nitrogens with zero attached hydrogens (tertiary/aromatic N) is 2. The first-order valence-corrected chi connectivity index (χ1v) is 25.3. The van der Waals surface area contributed by atoms with E-state index in [0.29, 0.717) is 0 Å². The molecular formula is C70H52N2. The number of hydrogen-bond acceptors (Lipinski definition) is 2. The van der Waals surface area contributed by atoms with Crippen LogP contribution in [0.25, 0.3) is 77.5 Å². The van der Waals surface area contributed by atoms with Gasteiger partial charge >= 0.3 is 0 Å². The summed E-state index contributed by atoms with van der Waals surface area (Å²) in [5, 5.41) is 2.43. The summed E-state index contributed by atoms with van der Waals surface area (Å²) >= 11 is 0. The predicted octanol–water partition coefficient (Wildman–Crippen LogP) is 19.4. The molecule has 0 saturated heterocycles. The molecule has 72 heavy (non-hydrogen) atoms. The number of para-hydroxylation sites is 2. The normalized spacial score (nSPS) is 14.0. The van der Waals surface area contributed by atoms with E-state index in [9.17, 15) is 0 Å². The number of anilines is 6. The zero-order chi connectivity index (χ0) is 48.3. The fraction of sp³-hybridized carbons (Fsp3) is 0.0857. The quantitative estimate of drug-likeness (QED) is 0.164. The summed E-state index contributed by atoms with van der Waals surface area (Å²) < 4.78 is 0. The van der Waals surface area contributed by atoms with Crippen LogP contribution >= 0.6 is 0 Å². The molecule has 2 nitrogen and oxygen atoms in total. The van der Waals surface area contributed by atoms with E-state index in [0.717, 1.165) is 34.1 Å². The molecule has 342 valence electrons. The third-order valence-electron chi connectivity index (χ3n) is 16.2. The molecule has 0 atom stereocenters. The van der Waals surface area contributed by atoms with Crippen LogP contribution in [0, 0.1) is 0 Å². The molecule has 0 radical (unpaired) electrons. The van der Waals surface area contributed by atoms with Gasteiger partial charge in [-0.3, -0.25) is 0 Å². The Morgan fingerprint density at radius 3 is 1.36 bits per heavy atom. The highest BCUT2D eigenvalue weighted by atomic mass is 15.2. The third-order valence-corrected chi connectivity index (χ3v) is 16.2. The first-order valence-electron chi connectivity index (χ1n) is 25.3. The Balaban J connectivity index is 1.02. The van der Waals surface area contributed by atoms with Gasteiger partial charge in [0.25, 0.3) is 0 Å². The molecule has 0 N–H and O–H groups in total. The average Bonchev–Trinajstić information content (AvgIpc) is 3.80. The van der Waals surface area contributed by atoms with Gasteiger partial charge in [0.15, 0.2) is 0 Å². The summed E-state index contributed by atoms with van der Waals surface area (Å²) in [6.07, 6.45) is 0. The number of hydrogen-bond donors (Lipinski definition) is 0. The average molecular weight is 921 g/mol. The van der Waals surface area contributed by atoms with Crippen LogP contribution in [0.3, 0.4) is 0 Å². The lowest BCUT2D eigenvalue weighted by Crippen LogP contribution is -2.18. The van der Waals surface area contributed by atoms with Gasteiger partial charge in [-0.05, 0) is 144 Å². The van der Waals surface area contributed by atoms with Crippen LogP contribution in [0.1, 0.15) is 49.9 Å². The maximum absolute atomic E-state index is 2.54. The highest BCUT2D eigenvalue weighted by molar-refractivity contribution is 6.17. The lowest BCUT2D eigenvalue weighted by atomic mass is 9.82. The van der Waals surface area contributed by atoms with E-state index in [4.69, 9.17) is 0 Å². The molecule has 3 aliphatic rings. The molecule has 0 spiro atoms. The van der Waals surface area contributed by atoms with Crippen molar-refractivity contribution in [3.05, 3.63) is 265 Å². The number of fused-ring (bicyclic) bond motifs is 10. The van der Waals surface area contributed by atoms with Crippen LogP contribution in [0.2, 0.25) is 0 Å². The van der Waals surface area contributed by atoms with Crippen molar-refractivity contribution >= 4 is 44.9 Å². The molecule has 11 aromatic rings. The van der Waals surface area contributed by atoms with E-state index >= 15 is 0 Å². The van der Waals surface area contributed by atoms with Gasteiger partial charge in [0.2, 0.25) is 0 Å². The van der Waals surface area contributed by atoms with E-state index in [1.165, 1.54) is 99.8 Å². The lowest BCUT2D eigenvalue weighted by Gasteiger charge is -2.34. The molecule has 2 aliphatic carbocycles. The Bertz CT molecular complexity index is 3880. The van der Waals surface area contributed by atoms with Crippen LogP contribution in [0.15, 0.2) is 243 Å². The van der Waals surface area contributed by atoms with Gasteiger partial charge in [-0.15, -0.1) is 0 Å². The van der Waals surface area contributed by atoms with Gasteiger partial charge in [0, 0.05) is 44.4 Å². The van der Waals surface area contributed by atoms with Crippen molar-refractivity contribution in [1.29, 1.82) is 0 Å². The standard InChI is InChI=1S/C70H52N2/c1-69(2)61-30-15-11-24-52(61)54-36-34-49(43-63(54)69)71(51-41-47(45-20-7-5-8-21-45)40-48(42-51)46-22-9-6-10-23-46)67-39-38-59-57-27-14-18-33-66(57)72(65-32-17-13-26-56(65)58-28-19-29-60(67)68(58)59)50-35-37-55-53-25-12-16-31-62(53)70(3,4)64(55)44-50/h5-44H,1-4H3. The van der Waals surface area contributed by atoms with E-state index in [-0.39, 0.29) is 10.8 Å². The molecule has 0 unspecified atom stereocenters. The first-order chi connectivity index (χ1) is 35.2. The minimum Gasteiger partial charge on any atom is -0.310 e. The first kappa shape index (κ1) is 42.2. The molecule has 14 rings (SSSR count). The summed E-state index contributed by atoms with van der Waals surface area (Å²) in [7, 11) is 0. The van der Waals surface area contributed by atoms with Gasteiger partial charge in [-0.1, -0.05) is 210 Å². The summed E-state index contributed by atoms with van der Waals surface area (Å²) in [5.41, 5.74) is 26.7. The summed E-state index contributed by atoms with van der Waals surface area (Å²) in [4.78, 5) is 5.05. The molecule has 0 bridgehead atoms. The SMILES string of the molecule is CC1(C)c2ccccc2-c2ccc(N3c4ccccc4-c4cccc5c(N(c6cc(-c7ccccc7)cc(-c7ccccc7)c6)c6ccc7c(c6)C(C)(C)c6ccccc6-7)ccc(c45)-c4ccccc43)cc21. The highest BCUT2D eigenvalue weighted by Crippen LogP contribution is 2.57. The summed E-state index contributed by atoms with van der Waals surface area (Å²) in [6, 6.07) is 90.8. The van der Waals surface area contributed by atoms with Crippen molar-refractivity contribution in [3.63, 3.8) is 0 Å².